The first kappa shape index (κ1) is 15.7. The molecule has 7 nitrogen and oxygen atoms in total. The van der Waals surface area contributed by atoms with E-state index in [-0.39, 0.29) is 18.0 Å². The maximum Gasteiger partial charge on any atom is 0.433 e. The summed E-state index contributed by atoms with van der Waals surface area (Å²) >= 11 is 0. The van der Waals surface area contributed by atoms with E-state index in [2.05, 4.69) is 25.4 Å². The highest BCUT2D eigenvalue weighted by Crippen LogP contribution is 2.33. The van der Waals surface area contributed by atoms with Gasteiger partial charge in [0.1, 0.15) is 11.8 Å². The van der Waals surface area contributed by atoms with Gasteiger partial charge in [-0.1, -0.05) is 5.16 Å². The predicted octanol–water partition coefficient (Wildman–Crippen LogP) is 2.38. The van der Waals surface area contributed by atoms with Gasteiger partial charge in [-0.2, -0.15) is 18.2 Å². The van der Waals surface area contributed by atoms with Gasteiger partial charge in [0.2, 0.25) is 5.95 Å². The minimum atomic E-state index is -4.50. The van der Waals surface area contributed by atoms with Crippen molar-refractivity contribution in [2.75, 3.05) is 18.5 Å². The van der Waals surface area contributed by atoms with E-state index in [0.717, 1.165) is 18.7 Å². The monoisotopic (exact) mass is 329 g/mol. The zero-order valence-electron chi connectivity index (χ0n) is 12.2. The molecule has 0 unspecified atom stereocenters. The molecule has 1 aliphatic rings. The Kier molecular flexibility index (Phi) is 4.16. The Labute approximate surface area is 129 Å². The highest BCUT2D eigenvalue weighted by Gasteiger charge is 2.35. The topological polar surface area (TPSA) is 86.0 Å². The summed E-state index contributed by atoms with van der Waals surface area (Å²) in [6.45, 7) is 2.56. The fraction of sp³-hybridized carbons (Fsp3) is 0.538. The van der Waals surface area contributed by atoms with Crippen molar-refractivity contribution < 1.29 is 22.4 Å². The lowest BCUT2D eigenvalue weighted by Crippen LogP contribution is -2.20. The highest BCUT2D eigenvalue weighted by atomic mass is 19.4. The number of nitrogens with one attached hydrogen (secondary N) is 1. The van der Waals surface area contributed by atoms with Gasteiger partial charge in [-0.05, 0) is 19.4 Å². The number of aryl methyl sites for hydroxylation is 1. The van der Waals surface area contributed by atoms with E-state index in [9.17, 15) is 13.2 Å². The zero-order valence-corrected chi connectivity index (χ0v) is 12.2. The van der Waals surface area contributed by atoms with Crippen molar-refractivity contribution in [2.45, 2.75) is 25.6 Å². The lowest BCUT2D eigenvalue weighted by atomic mass is 10.0. The molecular formula is C13H14F3N5O2. The van der Waals surface area contributed by atoms with Crippen LogP contribution in [-0.4, -0.2) is 33.3 Å². The number of hydrogen-bond acceptors (Lipinski definition) is 7. The molecule has 0 spiro atoms. The number of ether oxygens (including phenoxy) is 1. The summed E-state index contributed by atoms with van der Waals surface area (Å²) in [5.41, 5.74) is -0.984. The third-order valence-corrected chi connectivity index (χ3v) is 3.47. The summed E-state index contributed by atoms with van der Waals surface area (Å²) in [4.78, 5) is 11.4. The molecule has 3 rings (SSSR count). The molecule has 1 N–H and O–H groups in total. The summed E-state index contributed by atoms with van der Waals surface area (Å²) in [6, 6.07) is 0.827. The number of nitrogens with zero attached hydrogens (tertiary/aromatic N) is 4. The van der Waals surface area contributed by atoms with Gasteiger partial charge < -0.3 is 14.6 Å². The van der Waals surface area contributed by atoms with Crippen molar-refractivity contribution in [3.05, 3.63) is 29.7 Å². The molecule has 0 radical (unpaired) electrons. The second-order valence-electron chi connectivity index (χ2n) is 5.16. The average Bonchev–Trinajstić information content (AvgIpc) is 3.13. The van der Waals surface area contributed by atoms with Crippen LogP contribution in [0.1, 0.15) is 29.9 Å². The van der Waals surface area contributed by atoms with Crippen LogP contribution in [0.25, 0.3) is 0 Å². The van der Waals surface area contributed by atoms with Crippen LogP contribution in [0.5, 0.6) is 0 Å². The van der Waals surface area contributed by atoms with Crippen LogP contribution in [-0.2, 0) is 10.9 Å². The maximum atomic E-state index is 12.6. The van der Waals surface area contributed by atoms with Crippen LogP contribution in [0, 0.1) is 12.8 Å². The quantitative estimate of drug-likeness (QED) is 0.921. The molecule has 0 aliphatic carbocycles. The SMILES string of the molecule is Cc1noc([C@H]2OCC[C@H]2CNc2nccc(C(F)(F)F)n2)n1. The first-order chi connectivity index (χ1) is 10.9. The number of rotatable bonds is 4. The molecule has 1 aliphatic heterocycles. The molecule has 0 amide bonds. The molecule has 2 aromatic rings. The molecule has 0 aromatic carbocycles. The van der Waals surface area contributed by atoms with Gasteiger partial charge >= 0.3 is 6.18 Å². The highest BCUT2D eigenvalue weighted by molar-refractivity contribution is 5.26. The summed E-state index contributed by atoms with van der Waals surface area (Å²) < 4.78 is 48.6. The van der Waals surface area contributed by atoms with Gasteiger partial charge in [0.05, 0.1) is 0 Å². The number of anilines is 1. The molecular weight excluding hydrogens is 315 g/mol. The van der Waals surface area contributed by atoms with Crippen LogP contribution >= 0.6 is 0 Å². The smallest absolute Gasteiger partial charge is 0.368 e. The van der Waals surface area contributed by atoms with Crippen LogP contribution in [0.4, 0.5) is 19.1 Å². The Morgan fingerprint density at radius 2 is 2.17 bits per heavy atom. The number of aromatic nitrogens is 4. The fourth-order valence-corrected chi connectivity index (χ4v) is 2.37. The number of alkyl halides is 3. The van der Waals surface area contributed by atoms with Crippen molar-refractivity contribution in [3.63, 3.8) is 0 Å². The Morgan fingerprint density at radius 1 is 1.35 bits per heavy atom. The second-order valence-corrected chi connectivity index (χ2v) is 5.16. The van der Waals surface area contributed by atoms with Crippen LogP contribution in [0.2, 0.25) is 0 Å². The maximum absolute atomic E-state index is 12.6. The molecule has 1 saturated heterocycles. The van der Waals surface area contributed by atoms with Gasteiger partial charge in [-0.25, -0.2) is 9.97 Å². The molecule has 0 bridgehead atoms. The molecule has 1 fully saturated rings. The van der Waals surface area contributed by atoms with E-state index in [1.807, 2.05) is 0 Å². The van der Waals surface area contributed by atoms with E-state index < -0.39 is 11.9 Å². The minimum absolute atomic E-state index is 0.0204. The van der Waals surface area contributed by atoms with E-state index in [1.165, 1.54) is 0 Å². The van der Waals surface area contributed by atoms with Gasteiger partial charge in [0.25, 0.3) is 5.89 Å². The zero-order chi connectivity index (χ0) is 16.4. The van der Waals surface area contributed by atoms with Crippen LogP contribution in [0.15, 0.2) is 16.8 Å². The molecule has 23 heavy (non-hydrogen) atoms. The normalized spacial score (nSPS) is 21.6. The third-order valence-electron chi connectivity index (χ3n) is 3.47. The first-order valence-electron chi connectivity index (χ1n) is 6.99. The lowest BCUT2D eigenvalue weighted by molar-refractivity contribution is -0.141. The summed E-state index contributed by atoms with van der Waals surface area (Å²) in [7, 11) is 0. The van der Waals surface area contributed by atoms with Gasteiger partial charge in [-0.15, -0.1) is 0 Å². The van der Waals surface area contributed by atoms with Crippen molar-refractivity contribution in [1.82, 2.24) is 20.1 Å². The van der Waals surface area contributed by atoms with Gasteiger partial charge in [-0.3, -0.25) is 0 Å². The summed E-state index contributed by atoms with van der Waals surface area (Å²) in [5, 5.41) is 6.53. The number of halogens is 3. The van der Waals surface area contributed by atoms with Crippen molar-refractivity contribution in [3.8, 4) is 0 Å². The molecule has 10 heteroatoms. The van der Waals surface area contributed by atoms with E-state index in [0.29, 0.717) is 24.9 Å². The Hall–Kier alpha value is -2.23. The second kappa shape index (κ2) is 6.11. The van der Waals surface area contributed by atoms with Crippen molar-refractivity contribution in [2.24, 2.45) is 5.92 Å². The molecule has 3 heterocycles. The fourth-order valence-electron chi connectivity index (χ4n) is 2.37. The third kappa shape index (κ3) is 3.58. The summed E-state index contributed by atoms with van der Waals surface area (Å²) in [6.07, 6.45) is -3.09. The van der Waals surface area contributed by atoms with E-state index in [4.69, 9.17) is 9.26 Å². The van der Waals surface area contributed by atoms with Gasteiger partial charge in [0.15, 0.2) is 5.82 Å². The molecule has 2 atom stereocenters. The van der Waals surface area contributed by atoms with Crippen LogP contribution in [0.3, 0.4) is 0 Å². The Morgan fingerprint density at radius 3 is 2.87 bits per heavy atom. The van der Waals surface area contributed by atoms with E-state index >= 15 is 0 Å². The van der Waals surface area contributed by atoms with Crippen molar-refractivity contribution in [1.29, 1.82) is 0 Å². The van der Waals surface area contributed by atoms with Crippen LogP contribution < -0.4 is 5.32 Å². The summed E-state index contributed by atoms with van der Waals surface area (Å²) in [5.74, 6) is 0.778. The Bertz CT molecular complexity index is 676. The van der Waals surface area contributed by atoms with Crippen molar-refractivity contribution >= 4 is 5.95 Å². The Balaban J connectivity index is 1.66. The standard InChI is InChI=1S/C13H14F3N5O2/c1-7-19-11(23-21-7)10-8(3-5-22-10)6-18-12-17-4-2-9(20-12)13(14,15)16/h2,4,8,10H,3,5-6H2,1H3,(H,17,18,20)/t8-,10-/m0/s1. The number of hydrogen-bond donors (Lipinski definition) is 1. The molecule has 2 aromatic heterocycles. The predicted molar refractivity (Wildman–Crippen MR) is 71.4 cm³/mol. The lowest BCUT2D eigenvalue weighted by Gasteiger charge is -2.16. The molecule has 124 valence electrons. The van der Waals surface area contributed by atoms with E-state index in [1.54, 1.807) is 6.92 Å². The largest absolute Gasteiger partial charge is 0.433 e. The molecule has 0 saturated carbocycles. The average molecular weight is 329 g/mol. The minimum Gasteiger partial charge on any atom is -0.368 e. The van der Waals surface area contributed by atoms with Gasteiger partial charge in [0, 0.05) is 25.3 Å². The first-order valence-corrected chi connectivity index (χ1v) is 6.99.